The van der Waals surface area contributed by atoms with Crippen molar-refractivity contribution < 1.29 is 9.50 Å². The molecule has 1 nitrogen and oxygen atoms in total. The number of aliphatic hydroxyl groups is 1. The van der Waals surface area contributed by atoms with Crippen molar-refractivity contribution in [3.63, 3.8) is 0 Å². The summed E-state index contributed by atoms with van der Waals surface area (Å²) in [4.78, 5) is 0.620. The summed E-state index contributed by atoms with van der Waals surface area (Å²) in [6.07, 6.45) is 2.74. The number of halogens is 1. The predicted molar refractivity (Wildman–Crippen MR) is 71.8 cm³/mol. The molecule has 1 aromatic carbocycles. The molecule has 96 valence electrons. The van der Waals surface area contributed by atoms with Gasteiger partial charge in [-0.1, -0.05) is 38.8 Å². The Balaban J connectivity index is 2.33. The molecule has 0 amide bonds. The number of rotatable bonds is 7. The summed E-state index contributed by atoms with van der Waals surface area (Å²) in [6, 6.07) is 6.70. The molecule has 0 aliphatic rings. The number of hydrogen-bond acceptors (Lipinski definition) is 2. The van der Waals surface area contributed by atoms with Crippen molar-refractivity contribution in [2.24, 2.45) is 5.92 Å². The first-order valence-corrected chi connectivity index (χ1v) is 7.17. The van der Waals surface area contributed by atoms with E-state index in [1.54, 1.807) is 12.1 Å². The molecule has 0 saturated carbocycles. The molecule has 17 heavy (non-hydrogen) atoms. The smallest absolute Gasteiger partial charge is 0.136 e. The van der Waals surface area contributed by atoms with Gasteiger partial charge in [-0.15, -0.1) is 11.8 Å². The number of benzene rings is 1. The van der Waals surface area contributed by atoms with Crippen molar-refractivity contribution in [1.82, 2.24) is 0 Å². The predicted octanol–water partition coefficient (Wildman–Crippen LogP) is 4.11. The van der Waals surface area contributed by atoms with E-state index in [9.17, 15) is 9.50 Å². The Labute approximate surface area is 107 Å². The zero-order valence-corrected chi connectivity index (χ0v) is 11.3. The molecule has 0 aliphatic heterocycles. The van der Waals surface area contributed by atoms with Gasteiger partial charge in [0, 0.05) is 10.6 Å². The van der Waals surface area contributed by atoms with Crippen LogP contribution in [0.4, 0.5) is 4.39 Å². The van der Waals surface area contributed by atoms with Crippen LogP contribution in [0.3, 0.4) is 0 Å². The van der Waals surface area contributed by atoms with Gasteiger partial charge < -0.3 is 5.11 Å². The van der Waals surface area contributed by atoms with E-state index >= 15 is 0 Å². The molecule has 0 fully saturated rings. The Hall–Kier alpha value is -0.540. The van der Waals surface area contributed by atoms with Crippen LogP contribution in [0.1, 0.15) is 33.1 Å². The molecule has 0 radical (unpaired) electrons. The van der Waals surface area contributed by atoms with Crippen LogP contribution in [0.25, 0.3) is 0 Å². The second kappa shape index (κ2) is 7.72. The van der Waals surface area contributed by atoms with Crippen LogP contribution < -0.4 is 0 Å². The molecule has 1 N–H and O–H groups in total. The molecule has 0 spiro atoms. The van der Waals surface area contributed by atoms with Crippen molar-refractivity contribution in [3.8, 4) is 0 Å². The highest BCUT2D eigenvalue weighted by molar-refractivity contribution is 7.99. The van der Waals surface area contributed by atoms with Gasteiger partial charge in [-0.05, 0) is 24.5 Å². The van der Waals surface area contributed by atoms with Gasteiger partial charge in [0.15, 0.2) is 0 Å². The Morgan fingerprint density at radius 1 is 1.35 bits per heavy atom. The average Bonchev–Trinajstić information content (AvgIpc) is 2.28. The Kier molecular flexibility index (Phi) is 6.60. The third-order valence-electron chi connectivity index (χ3n) is 2.72. The van der Waals surface area contributed by atoms with E-state index in [2.05, 4.69) is 13.8 Å². The Bertz CT molecular complexity index is 330. The maximum absolute atomic E-state index is 13.3. The summed E-state index contributed by atoms with van der Waals surface area (Å²) >= 11 is 1.39. The van der Waals surface area contributed by atoms with Gasteiger partial charge in [-0.3, -0.25) is 0 Å². The van der Waals surface area contributed by atoms with E-state index in [4.69, 9.17) is 0 Å². The van der Waals surface area contributed by atoms with Gasteiger partial charge in [0.05, 0.1) is 6.10 Å². The third kappa shape index (κ3) is 5.55. The van der Waals surface area contributed by atoms with Gasteiger partial charge in [0.1, 0.15) is 5.82 Å². The van der Waals surface area contributed by atoms with Crippen molar-refractivity contribution in [2.75, 3.05) is 5.75 Å². The van der Waals surface area contributed by atoms with Crippen molar-refractivity contribution in [1.29, 1.82) is 0 Å². The van der Waals surface area contributed by atoms with E-state index in [0.717, 1.165) is 19.3 Å². The van der Waals surface area contributed by atoms with Crippen molar-refractivity contribution in [2.45, 2.75) is 44.1 Å². The first kappa shape index (κ1) is 14.5. The molecule has 0 aliphatic carbocycles. The minimum atomic E-state index is -0.346. The zero-order chi connectivity index (χ0) is 12.7. The fraction of sp³-hybridized carbons (Fsp3) is 0.571. The van der Waals surface area contributed by atoms with Crippen LogP contribution in [0, 0.1) is 11.7 Å². The highest BCUT2D eigenvalue weighted by Gasteiger charge is 2.11. The second-order valence-electron chi connectivity index (χ2n) is 4.52. The lowest BCUT2D eigenvalue weighted by molar-refractivity contribution is 0.166. The van der Waals surface area contributed by atoms with Crippen LogP contribution >= 0.6 is 11.8 Å². The lowest BCUT2D eigenvalue weighted by Gasteiger charge is -2.15. The number of hydrogen-bond donors (Lipinski definition) is 1. The number of thioether (sulfide) groups is 1. The quantitative estimate of drug-likeness (QED) is 0.741. The van der Waals surface area contributed by atoms with Crippen molar-refractivity contribution >= 4 is 11.8 Å². The summed E-state index contributed by atoms with van der Waals surface area (Å²) in [5.74, 6) is 0.900. The minimum absolute atomic E-state index is 0.202. The molecule has 0 bridgehead atoms. The molecule has 0 saturated heterocycles. The van der Waals surface area contributed by atoms with Gasteiger partial charge >= 0.3 is 0 Å². The zero-order valence-electron chi connectivity index (χ0n) is 10.5. The van der Waals surface area contributed by atoms with Gasteiger partial charge in [-0.2, -0.15) is 0 Å². The average molecular weight is 256 g/mol. The molecule has 3 heteroatoms. The fourth-order valence-corrected chi connectivity index (χ4v) is 2.78. The summed E-state index contributed by atoms with van der Waals surface area (Å²) in [5, 5.41) is 9.86. The van der Waals surface area contributed by atoms with E-state index in [0.29, 0.717) is 16.6 Å². The van der Waals surface area contributed by atoms with Crippen LogP contribution in [-0.4, -0.2) is 17.0 Å². The van der Waals surface area contributed by atoms with Gasteiger partial charge in [0.25, 0.3) is 0 Å². The minimum Gasteiger partial charge on any atom is -0.392 e. The highest BCUT2D eigenvalue weighted by atomic mass is 32.2. The first-order valence-electron chi connectivity index (χ1n) is 6.18. The standard InChI is InChI=1S/C14H21FOS/c1-3-6-11(2)9-12(16)10-17-14-8-5-4-7-13(14)15/h4-5,7-8,11-12,16H,3,6,9-10H2,1-2H3. The summed E-state index contributed by atoms with van der Waals surface area (Å²) in [7, 11) is 0. The molecular formula is C14H21FOS. The SMILES string of the molecule is CCCC(C)CC(O)CSc1ccccc1F. The Morgan fingerprint density at radius 3 is 2.71 bits per heavy atom. The van der Waals surface area contributed by atoms with Crippen LogP contribution in [-0.2, 0) is 0 Å². The van der Waals surface area contributed by atoms with Gasteiger partial charge in [-0.25, -0.2) is 4.39 Å². The summed E-state index contributed by atoms with van der Waals surface area (Å²) < 4.78 is 13.3. The molecule has 0 aromatic heterocycles. The highest BCUT2D eigenvalue weighted by Crippen LogP contribution is 2.24. The van der Waals surface area contributed by atoms with E-state index in [1.807, 2.05) is 6.07 Å². The molecule has 2 atom stereocenters. The lowest BCUT2D eigenvalue weighted by Crippen LogP contribution is -2.14. The van der Waals surface area contributed by atoms with E-state index in [-0.39, 0.29) is 11.9 Å². The normalized spacial score (nSPS) is 14.6. The maximum atomic E-state index is 13.3. The van der Waals surface area contributed by atoms with Gasteiger partial charge in [0.2, 0.25) is 0 Å². The Morgan fingerprint density at radius 2 is 2.06 bits per heavy atom. The summed E-state index contributed by atoms with van der Waals surface area (Å²) in [6.45, 7) is 4.30. The van der Waals surface area contributed by atoms with Crippen LogP contribution in [0.2, 0.25) is 0 Å². The maximum Gasteiger partial charge on any atom is 0.136 e. The van der Waals surface area contributed by atoms with Crippen molar-refractivity contribution in [3.05, 3.63) is 30.1 Å². The number of aliphatic hydroxyl groups excluding tert-OH is 1. The van der Waals surface area contributed by atoms with Crippen LogP contribution in [0.15, 0.2) is 29.2 Å². The monoisotopic (exact) mass is 256 g/mol. The molecular weight excluding hydrogens is 235 g/mol. The summed E-state index contributed by atoms with van der Waals surface area (Å²) in [5.41, 5.74) is 0. The fourth-order valence-electron chi connectivity index (χ4n) is 1.89. The largest absolute Gasteiger partial charge is 0.392 e. The molecule has 1 rings (SSSR count). The molecule has 2 unspecified atom stereocenters. The molecule has 0 heterocycles. The van der Waals surface area contributed by atoms with E-state index < -0.39 is 0 Å². The topological polar surface area (TPSA) is 20.2 Å². The first-order chi connectivity index (χ1) is 8.13. The lowest BCUT2D eigenvalue weighted by atomic mass is 10.00. The van der Waals surface area contributed by atoms with Crippen LogP contribution in [0.5, 0.6) is 0 Å². The van der Waals surface area contributed by atoms with E-state index in [1.165, 1.54) is 17.8 Å². The second-order valence-corrected chi connectivity index (χ2v) is 5.59. The molecule has 1 aromatic rings. The third-order valence-corrected chi connectivity index (χ3v) is 3.92.